The average Bonchev–Trinajstić information content (AvgIpc) is 3.40. The van der Waals surface area contributed by atoms with E-state index in [2.05, 4.69) is 6.92 Å². The lowest BCUT2D eigenvalue weighted by Gasteiger charge is -2.56. The van der Waals surface area contributed by atoms with E-state index >= 15 is 0 Å². The lowest BCUT2D eigenvalue weighted by atomic mass is 9.53. The molecule has 4 aliphatic rings. The predicted molar refractivity (Wildman–Crippen MR) is 167 cm³/mol. The summed E-state index contributed by atoms with van der Waals surface area (Å²) in [5, 5.41) is 47.6. The molecule has 8 heteroatoms. The minimum Gasteiger partial charge on any atom is -0.455 e. The Morgan fingerprint density at radius 1 is 0.932 bits per heavy atom. The molecule has 2 saturated carbocycles. The standard InChI is InChI=1S/C36H56O8/c1-7-8-9-10-11-12-13-14-15-16-17-18-29(39)35(43)24(3)34(42)27(30-32(5,6)36(30,35)44-25(4)38)20-26(22-37)21-33(41)28(34)19-23(2)31(33)40/h19-20,24,27-28,30,37,41-43H,7-18,21-22H2,1-6H3/t24-,27-,28+,30-,33+,34+,35-,36-/m0/s1. The van der Waals surface area contributed by atoms with Gasteiger partial charge in [-0.15, -0.1) is 0 Å². The molecule has 248 valence electrons. The van der Waals surface area contributed by atoms with Crippen LogP contribution < -0.4 is 0 Å². The molecule has 0 unspecified atom stereocenters. The molecule has 0 aromatic rings. The number of rotatable bonds is 15. The summed E-state index contributed by atoms with van der Waals surface area (Å²) >= 11 is 0. The molecule has 8 atom stereocenters. The molecule has 0 aromatic heterocycles. The van der Waals surface area contributed by atoms with Gasteiger partial charge in [-0.3, -0.25) is 14.4 Å². The maximum Gasteiger partial charge on any atom is 0.303 e. The molecular weight excluding hydrogens is 560 g/mol. The Bertz CT molecular complexity index is 1190. The minimum atomic E-state index is -2.26. The number of esters is 1. The van der Waals surface area contributed by atoms with Crippen LogP contribution in [0, 0.1) is 29.1 Å². The Morgan fingerprint density at radius 2 is 1.48 bits per heavy atom. The zero-order valence-corrected chi connectivity index (χ0v) is 27.8. The van der Waals surface area contributed by atoms with Gasteiger partial charge in [-0.25, -0.2) is 0 Å². The summed E-state index contributed by atoms with van der Waals surface area (Å²) in [7, 11) is 0. The van der Waals surface area contributed by atoms with Crippen LogP contribution in [0.4, 0.5) is 0 Å². The van der Waals surface area contributed by atoms with Crippen molar-refractivity contribution in [1.29, 1.82) is 0 Å². The number of carbonyl (C=O) groups excluding carboxylic acids is 3. The Labute approximate surface area is 263 Å². The third-order valence-corrected chi connectivity index (χ3v) is 11.9. The zero-order valence-electron chi connectivity index (χ0n) is 27.8. The molecule has 44 heavy (non-hydrogen) atoms. The molecule has 0 aromatic carbocycles. The summed E-state index contributed by atoms with van der Waals surface area (Å²) in [4.78, 5) is 40.2. The number of fused-ring (bicyclic) bond motifs is 5. The van der Waals surface area contributed by atoms with Crippen molar-refractivity contribution in [2.45, 2.75) is 147 Å². The number of ketones is 2. The first kappa shape index (κ1) is 35.0. The molecule has 0 radical (unpaired) electrons. The molecule has 4 aliphatic carbocycles. The molecule has 4 N–H and O–H groups in total. The third kappa shape index (κ3) is 5.16. The first-order chi connectivity index (χ1) is 20.6. The van der Waals surface area contributed by atoms with E-state index in [4.69, 9.17) is 4.74 Å². The molecule has 8 nitrogen and oxygen atoms in total. The molecule has 0 amide bonds. The lowest BCUT2D eigenvalue weighted by molar-refractivity contribution is -0.251. The largest absolute Gasteiger partial charge is 0.455 e. The number of carbonyl (C=O) groups is 3. The van der Waals surface area contributed by atoms with Gasteiger partial charge in [0.15, 0.2) is 22.8 Å². The molecule has 0 spiro atoms. The van der Waals surface area contributed by atoms with Crippen molar-refractivity contribution in [2.75, 3.05) is 6.61 Å². The van der Waals surface area contributed by atoms with E-state index < -0.39 is 75.6 Å². The summed E-state index contributed by atoms with van der Waals surface area (Å²) in [5.41, 5.74) is -8.09. The lowest BCUT2D eigenvalue weighted by Crippen LogP contribution is -2.73. The van der Waals surface area contributed by atoms with Crippen LogP contribution in [0.25, 0.3) is 0 Å². The molecule has 0 bridgehead atoms. The van der Waals surface area contributed by atoms with Gasteiger partial charge in [0.2, 0.25) is 0 Å². The van der Waals surface area contributed by atoms with Crippen molar-refractivity contribution < 1.29 is 39.5 Å². The first-order valence-corrected chi connectivity index (χ1v) is 17.1. The minimum absolute atomic E-state index is 0.0604. The summed E-state index contributed by atoms with van der Waals surface area (Å²) in [5.74, 6) is -5.51. The maximum atomic E-state index is 14.3. The topological polar surface area (TPSA) is 141 Å². The van der Waals surface area contributed by atoms with Gasteiger partial charge in [0.25, 0.3) is 0 Å². The van der Waals surface area contributed by atoms with E-state index in [0.717, 1.165) is 19.3 Å². The number of hydrogen-bond acceptors (Lipinski definition) is 8. The van der Waals surface area contributed by atoms with Crippen LogP contribution in [-0.2, 0) is 19.1 Å². The van der Waals surface area contributed by atoms with Gasteiger partial charge in [0, 0.05) is 48.9 Å². The number of unbranched alkanes of at least 4 members (excludes halogenated alkanes) is 10. The monoisotopic (exact) mass is 616 g/mol. The van der Waals surface area contributed by atoms with E-state index in [0.29, 0.717) is 17.6 Å². The normalized spacial score (nSPS) is 38.5. The van der Waals surface area contributed by atoms with Crippen molar-refractivity contribution in [2.24, 2.45) is 29.1 Å². The number of hydrogen-bond donors (Lipinski definition) is 4. The zero-order chi connectivity index (χ0) is 32.7. The highest BCUT2D eigenvalue weighted by Crippen LogP contribution is 2.79. The smallest absolute Gasteiger partial charge is 0.303 e. The molecule has 0 saturated heterocycles. The maximum absolute atomic E-state index is 14.3. The van der Waals surface area contributed by atoms with Crippen LogP contribution in [0.2, 0.25) is 0 Å². The van der Waals surface area contributed by atoms with Crippen molar-refractivity contribution in [3.05, 3.63) is 23.3 Å². The Hall–Kier alpha value is -1.87. The number of Topliss-reactive ketones (excluding diaryl/α,β-unsaturated/α-hetero) is 2. The highest BCUT2D eigenvalue weighted by molar-refractivity contribution is 6.05. The number of ether oxygens (including phenoxy) is 1. The van der Waals surface area contributed by atoms with E-state index in [9.17, 15) is 34.8 Å². The molecule has 0 heterocycles. The second-order valence-corrected chi connectivity index (χ2v) is 14.9. The third-order valence-electron chi connectivity index (χ3n) is 11.9. The van der Waals surface area contributed by atoms with Crippen LogP contribution >= 0.6 is 0 Å². The van der Waals surface area contributed by atoms with Gasteiger partial charge < -0.3 is 25.2 Å². The molecule has 0 aliphatic heterocycles. The first-order valence-electron chi connectivity index (χ1n) is 17.1. The Kier molecular flexibility index (Phi) is 10.1. The highest BCUT2D eigenvalue weighted by atomic mass is 16.6. The van der Waals surface area contributed by atoms with Gasteiger partial charge in [0.1, 0.15) is 5.60 Å². The summed E-state index contributed by atoms with van der Waals surface area (Å²) in [6.07, 6.45) is 15.4. The number of aliphatic hydroxyl groups excluding tert-OH is 1. The Balaban J connectivity index is 1.61. The quantitative estimate of drug-likeness (QED) is 0.113. The number of aliphatic hydroxyl groups is 4. The van der Waals surface area contributed by atoms with Gasteiger partial charge in [0.05, 0.1) is 12.2 Å². The van der Waals surface area contributed by atoms with Gasteiger partial charge in [-0.1, -0.05) is 104 Å². The average molecular weight is 617 g/mol. The fourth-order valence-electron chi connectivity index (χ4n) is 9.62. The molecular formula is C36H56O8. The summed E-state index contributed by atoms with van der Waals surface area (Å²) in [6, 6.07) is 0. The van der Waals surface area contributed by atoms with Gasteiger partial charge in [-0.05, 0) is 24.5 Å². The van der Waals surface area contributed by atoms with Crippen molar-refractivity contribution in [3.63, 3.8) is 0 Å². The summed E-state index contributed by atoms with van der Waals surface area (Å²) < 4.78 is 6.01. The van der Waals surface area contributed by atoms with Crippen molar-refractivity contribution >= 4 is 17.5 Å². The van der Waals surface area contributed by atoms with E-state index in [1.54, 1.807) is 26.0 Å². The van der Waals surface area contributed by atoms with Crippen molar-refractivity contribution in [1.82, 2.24) is 0 Å². The van der Waals surface area contributed by atoms with Crippen molar-refractivity contribution in [3.8, 4) is 0 Å². The SMILES string of the molecule is CCCCCCCCCCCCCC(=O)[C@@]1(O)[C@@H](C)[C@@]2(O)[C@@H](C=C(CO)C[C@]3(O)C(=O)C(C)=C[C@@H]23)[C@H]2C(C)(C)[C@@]21OC(C)=O. The van der Waals surface area contributed by atoms with E-state index in [-0.39, 0.29) is 12.8 Å². The molecule has 2 fully saturated rings. The van der Waals surface area contributed by atoms with Crippen LogP contribution in [0.3, 0.4) is 0 Å². The van der Waals surface area contributed by atoms with Crippen LogP contribution in [0.1, 0.15) is 125 Å². The van der Waals surface area contributed by atoms with E-state index in [1.807, 2.05) is 13.8 Å². The Morgan fingerprint density at radius 3 is 2.00 bits per heavy atom. The predicted octanol–water partition coefficient (Wildman–Crippen LogP) is 5.14. The highest BCUT2D eigenvalue weighted by Gasteiger charge is 2.92. The second kappa shape index (κ2) is 12.7. The van der Waals surface area contributed by atoms with Crippen LogP contribution in [0.15, 0.2) is 23.3 Å². The van der Waals surface area contributed by atoms with Crippen LogP contribution in [-0.4, -0.2) is 67.0 Å². The molecule has 4 rings (SSSR count). The van der Waals surface area contributed by atoms with E-state index in [1.165, 1.54) is 51.9 Å². The van der Waals surface area contributed by atoms with Crippen LogP contribution in [0.5, 0.6) is 0 Å². The second-order valence-electron chi connectivity index (χ2n) is 14.9. The fourth-order valence-corrected chi connectivity index (χ4v) is 9.62. The van der Waals surface area contributed by atoms with Gasteiger partial charge >= 0.3 is 5.97 Å². The summed E-state index contributed by atoms with van der Waals surface area (Å²) in [6.45, 7) is 9.84. The van der Waals surface area contributed by atoms with Gasteiger partial charge in [-0.2, -0.15) is 0 Å². The fraction of sp³-hybridized carbons (Fsp3) is 0.806.